The smallest absolute Gasteiger partial charge is 0.246 e. The second-order valence-electron chi connectivity index (χ2n) is 8.30. The predicted octanol–water partition coefficient (Wildman–Crippen LogP) is 4.70. The maximum atomic E-state index is 13.4. The number of nitrogens with zero attached hydrogens (tertiary/aromatic N) is 2. The van der Waals surface area contributed by atoms with Crippen molar-refractivity contribution in [3.05, 3.63) is 95.6 Å². The minimum atomic E-state index is -0.392. The van der Waals surface area contributed by atoms with Crippen LogP contribution in [0.5, 0.6) is 0 Å². The third-order valence-electron chi connectivity index (χ3n) is 5.95. The van der Waals surface area contributed by atoms with Gasteiger partial charge in [-0.05, 0) is 49.2 Å². The number of carbonyl (C=O) groups excluding carboxylic acids is 2. The van der Waals surface area contributed by atoms with Crippen LogP contribution in [-0.4, -0.2) is 42.8 Å². The minimum absolute atomic E-state index is 0.0204. The van der Waals surface area contributed by atoms with E-state index in [0.717, 1.165) is 31.7 Å². The van der Waals surface area contributed by atoms with Gasteiger partial charge in [0.1, 0.15) is 6.04 Å². The molecule has 3 aromatic rings. The van der Waals surface area contributed by atoms with E-state index < -0.39 is 6.04 Å². The maximum absolute atomic E-state index is 13.4. The largest absolute Gasteiger partial charge is 0.369 e. The molecule has 1 atom stereocenters. The molecule has 5 nitrogen and oxygen atoms in total. The highest BCUT2D eigenvalue weighted by Crippen LogP contribution is 2.26. The van der Waals surface area contributed by atoms with Crippen LogP contribution in [0.15, 0.2) is 78.9 Å². The maximum Gasteiger partial charge on any atom is 0.246 e. The van der Waals surface area contributed by atoms with Crippen LogP contribution in [0.2, 0.25) is 0 Å². The molecule has 32 heavy (non-hydrogen) atoms. The van der Waals surface area contributed by atoms with Gasteiger partial charge in [0, 0.05) is 43.1 Å². The van der Waals surface area contributed by atoms with Gasteiger partial charge in [-0.15, -0.1) is 0 Å². The molecule has 0 radical (unpaired) electrons. The Morgan fingerprint density at radius 3 is 2.25 bits per heavy atom. The molecule has 0 bridgehead atoms. The number of aryl methyl sites for hydroxylation is 1. The van der Waals surface area contributed by atoms with Crippen LogP contribution >= 0.6 is 0 Å². The van der Waals surface area contributed by atoms with Gasteiger partial charge in [0.25, 0.3) is 0 Å². The number of piperazine rings is 1. The highest BCUT2D eigenvalue weighted by molar-refractivity contribution is 5.98. The Kier molecular flexibility index (Phi) is 6.66. The van der Waals surface area contributed by atoms with E-state index in [9.17, 15) is 9.59 Å². The summed E-state index contributed by atoms with van der Waals surface area (Å²) in [6, 6.07) is 25.2. The van der Waals surface area contributed by atoms with E-state index in [1.165, 1.54) is 18.2 Å². The van der Waals surface area contributed by atoms with Crippen molar-refractivity contribution < 1.29 is 9.59 Å². The molecule has 0 spiro atoms. The van der Waals surface area contributed by atoms with E-state index in [4.69, 9.17) is 0 Å². The third-order valence-corrected chi connectivity index (χ3v) is 5.95. The lowest BCUT2D eigenvalue weighted by atomic mass is 10.0. The molecule has 0 saturated carbocycles. The second-order valence-corrected chi connectivity index (χ2v) is 8.30. The summed E-state index contributed by atoms with van der Waals surface area (Å²) in [5, 5.41) is 3.04. The minimum Gasteiger partial charge on any atom is -0.369 e. The number of Topliss-reactive ketones (excluding diaryl/α,β-unsaturated/α-hetero) is 1. The molecule has 164 valence electrons. The monoisotopic (exact) mass is 427 g/mol. The fraction of sp³-hybridized carbons (Fsp3) is 0.259. The van der Waals surface area contributed by atoms with Crippen molar-refractivity contribution in [2.75, 3.05) is 36.4 Å². The van der Waals surface area contributed by atoms with Crippen LogP contribution in [-0.2, 0) is 4.79 Å². The summed E-state index contributed by atoms with van der Waals surface area (Å²) in [6.07, 6.45) is 0. The number of rotatable bonds is 6. The molecule has 1 aliphatic rings. The molecule has 1 fully saturated rings. The first-order chi connectivity index (χ1) is 15.5. The van der Waals surface area contributed by atoms with Crippen molar-refractivity contribution in [3.63, 3.8) is 0 Å². The molecular formula is C27H29N3O2. The van der Waals surface area contributed by atoms with Crippen molar-refractivity contribution in [1.29, 1.82) is 0 Å². The SMILES string of the molecule is CC(=O)c1cccc(NC(=O)C(c2ccccc2)N2CCN(c3cccc(C)c3)CC2)c1. The second kappa shape index (κ2) is 9.79. The lowest BCUT2D eigenvalue weighted by Gasteiger charge is -2.39. The van der Waals surface area contributed by atoms with Gasteiger partial charge in [0.15, 0.2) is 5.78 Å². The van der Waals surface area contributed by atoms with Crippen LogP contribution in [0, 0.1) is 6.92 Å². The zero-order chi connectivity index (χ0) is 22.5. The Hall–Kier alpha value is -3.44. The molecule has 0 aliphatic carbocycles. The Morgan fingerprint density at radius 2 is 1.56 bits per heavy atom. The quantitative estimate of drug-likeness (QED) is 0.580. The fourth-order valence-corrected chi connectivity index (χ4v) is 4.25. The van der Waals surface area contributed by atoms with E-state index in [2.05, 4.69) is 46.3 Å². The van der Waals surface area contributed by atoms with E-state index in [1.54, 1.807) is 18.2 Å². The molecular weight excluding hydrogens is 398 g/mol. The Balaban J connectivity index is 1.52. The van der Waals surface area contributed by atoms with Gasteiger partial charge in [-0.25, -0.2) is 0 Å². The highest BCUT2D eigenvalue weighted by atomic mass is 16.2. The Bertz CT molecular complexity index is 1090. The zero-order valence-corrected chi connectivity index (χ0v) is 18.6. The first kappa shape index (κ1) is 21.8. The van der Waals surface area contributed by atoms with Crippen LogP contribution in [0.1, 0.15) is 34.5 Å². The predicted molar refractivity (Wildman–Crippen MR) is 129 cm³/mol. The standard InChI is InChI=1S/C27H29N3O2/c1-20-8-6-13-25(18-20)29-14-16-30(17-15-29)26(22-9-4-3-5-10-22)27(32)28-24-12-7-11-23(19-24)21(2)31/h3-13,18-19,26H,14-17H2,1-2H3,(H,28,32). The van der Waals surface area contributed by atoms with Crippen LogP contribution in [0.4, 0.5) is 11.4 Å². The average molecular weight is 428 g/mol. The number of amides is 1. The summed E-state index contributed by atoms with van der Waals surface area (Å²) in [7, 11) is 0. The molecule has 1 N–H and O–H groups in total. The number of hydrogen-bond acceptors (Lipinski definition) is 4. The van der Waals surface area contributed by atoms with Crippen LogP contribution in [0.3, 0.4) is 0 Å². The van der Waals surface area contributed by atoms with Gasteiger partial charge < -0.3 is 10.2 Å². The molecule has 1 saturated heterocycles. The van der Waals surface area contributed by atoms with E-state index in [0.29, 0.717) is 11.3 Å². The fourth-order valence-electron chi connectivity index (χ4n) is 4.25. The first-order valence-corrected chi connectivity index (χ1v) is 11.0. The van der Waals surface area contributed by atoms with Crippen LogP contribution < -0.4 is 10.2 Å². The average Bonchev–Trinajstić information content (AvgIpc) is 2.80. The summed E-state index contributed by atoms with van der Waals surface area (Å²) < 4.78 is 0. The molecule has 1 heterocycles. The van der Waals surface area contributed by atoms with E-state index in [1.807, 2.05) is 36.4 Å². The molecule has 4 rings (SSSR count). The van der Waals surface area contributed by atoms with Gasteiger partial charge in [-0.3, -0.25) is 14.5 Å². The highest BCUT2D eigenvalue weighted by Gasteiger charge is 2.30. The molecule has 1 aliphatic heterocycles. The van der Waals surface area contributed by atoms with Crippen molar-refractivity contribution in [3.8, 4) is 0 Å². The summed E-state index contributed by atoms with van der Waals surface area (Å²) >= 11 is 0. The van der Waals surface area contributed by atoms with Crippen molar-refractivity contribution in [2.45, 2.75) is 19.9 Å². The third kappa shape index (κ3) is 5.06. The van der Waals surface area contributed by atoms with Crippen LogP contribution in [0.25, 0.3) is 0 Å². The first-order valence-electron chi connectivity index (χ1n) is 11.0. The molecule has 0 aromatic heterocycles. The molecule has 5 heteroatoms. The Labute approximate surface area is 189 Å². The number of hydrogen-bond donors (Lipinski definition) is 1. The molecule has 3 aromatic carbocycles. The molecule has 1 amide bonds. The lowest BCUT2D eigenvalue weighted by Crippen LogP contribution is -2.50. The van der Waals surface area contributed by atoms with Gasteiger partial charge in [-0.2, -0.15) is 0 Å². The number of benzene rings is 3. The number of anilines is 2. The van der Waals surface area contributed by atoms with Crippen molar-refractivity contribution >= 4 is 23.1 Å². The summed E-state index contributed by atoms with van der Waals surface area (Å²) in [5.74, 6) is -0.103. The van der Waals surface area contributed by atoms with Gasteiger partial charge in [0.05, 0.1) is 0 Å². The molecule has 1 unspecified atom stereocenters. The lowest BCUT2D eigenvalue weighted by molar-refractivity contribution is -0.121. The van der Waals surface area contributed by atoms with Gasteiger partial charge >= 0.3 is 0 Å². The van der Waals surface area contributed by atoms with Crippen molar-refractivity contribution in [2.24, 2.45) is 0 Å². The number of nitrogens with one attached hydrogen (secondary N) is 1. The summed E-state index contributed by atoms with van der Waals surface area (Å²) in [6.45, 7) is 6.93. The summed E-state index contributed by atoms with van der Waals surface area (Å²) in [4.78, 5) is 29.8. The summed E-state index contributed by atoms with van der Waals surface area (Å²) in [5.41, 5.74) is 4.68. The van der Waals surface area contributed by atoms with Gasteiger partial charge in [0.2, 0.25) is 5.91 Å². The zero-order valence-electron chi connectivity index (χ0n) is 18.6. The topological polar surface area (TPSA) is 52.7 Å². The number of ketones is 1. The number of carbonyl (C=O) groups is 2. The van der Waals surface area contributed by atoms with Gasteiger partial charge in [-0.1, -0.05) is 54.6 Å². The normalized spacial score (nSPS) is 15.2. The Morgan fingerprint density at radius 1 is 0.844 bits per heavy atom. The van der Waals surface area contributed by atoms with E-state index in [-0.39, 0.29) is 11.7 Å². The van der Waals surface area contributed by atoms with Crippen molar-refractivity contribution in [1.82, 2.24) is 4.90 Å². The van der Waals surface area contributed by atoms with E-state index >= 15 is 0 Å².